The van der Waals surface area contributed by atoms with Gasteiger partial charge < -0.3 is 5.32 Å². The van der Waals surface area contributed by atoms with Gasteiger partial charge in [-0.05, 0) is 59.3 Å². The molecule has 1 saturated carbocycles. The van der Waals surface area contributed by atoms with Gasteiger partial charge in [0.2, 0.25) is 0 Å². The van der Waals surface area contributed by atoms with Crippen molar-refractivity contribution in [2.24, 2.45) is 5.92 Å². The molecule has 0 amide bonds. The summed E-state index contributed by atoms with van der Waals surface area (Å²) in [5.41, 5.74) is 2.02. The first kappa shape index (κ1) is 12.9. The highest BCUT2D eigenvalue weighted by atomic mass is 79.9. The lowest BCUT2D eigenvalue weighted by molar-refractivity contribution is 0.373. The fraction of sp³-hybridized carbons (Fsp3) is 0.571. The van der Waals surface area contributed by atoms with Crippen LogP contribution in [0.3, 0.4) is 0 Å². The van der Waals surface area contributed by atoms with E-state index >= 15 is 0 Å². The maximum absolute atomic E-state index is 13.3. The van der Waals surface area contributed by atoms with Gasteiger partial charge in [-0.15, -0.1) is 0 Å². The minimum Gasteiger partial charge on any atom is -0.385 e. The maximum Gasteiger partial charge on any atom is 0.137 e. The summed E-state index contributed by atoms with van der Waals surface area (Å²) in [7, 11) is 0. The molecular weight excluding hydrogens is 281 g/mol. The van der Waals surface area contributed by atoms with Crippen LogP contribution in [0, 0.1) is 18.7 Å². The first-order valence-electron chi connectivity index (χ1n) is 6.36. The van der Waals surface area contributed by atoms with Gasteiger partial charge in [-0.2, -0.15) is 0 Å². The molecule has 0 bridgehead atoms. The van der Waals surface area contributed by atoms with E-state index in [2.05, 4.69) is 21.2 Å². The molecule has 1 aliphatic rings. The SMILES string of the molecule is Cc1cc(F)c(Br)cc1NCC1CCCCC1. The van der Waals surface area contributed by atoms with E-state index in [1.165, 1.54) is 32.1 Å². The second-order valence-electron chi connectivity index (χ2n) is 4.97. The molecule has 0 aromatic heterocycles. The zero-order valence-corrected chi connectivity index (χ0v) is 11.8. The quantitative estimate of drug-likeness (QED) is 0.838. The van der Waals surface area contributed by atoms with Crippen molar-refractivity contribution in [3.05, 3.63) is 28.0 Å². The third kappa shape index (κ3) is 3.44. The van der Waals surface area contributed by atoms with E-state index in [0.717, 1.165) is 23.7 Å². The zero-order chi connectivity index (χ0) is 12.3. The topological polar surface area (TPSA) is 12.0 Å². The van der Waals surface area contributed by atoms with E-state index < -0.39 is 0 Å². The molecule has 0 aliphatic heterocycles. The second-order valence-corrected chi connectivity index (χ2v) is 5.82. The molecule has 2 rings (SSSR count). The molecule has 0 saturated heterocycles. The van der Waals surface area contributed by atoms with Crippen LogP contribution in [-0.4, -0.2) is 6.54 Å². The van der Waals surface area contributed by atoms with E-state index in [9.17, 15) is 4.39 Å². The van der Waals surface area contributed by atoms with E-state index in [0.29, 0.717) is 4.47 Å². The molecule has 0 heterocycles. The Morgan fingerprint density at radius 3 is 2.71 bits per heavy atom. The number of hydrogen-bond donors (Lipinski definition) is 1. The number of nitrogens with one attached hydrogen (secondary N) is 1. The van der Waals surface area contributed by atoms with Gasteiger partial charge in [-0.3, -0.25) is 0 Å². The molecule has 1 aromatic carbocycles. The molecule has 1 fully saturated rings. The number of anilines is 1. The van der Waals surface area contributed by atoms with Gasteiger partial charge in [-0.1, -0.05) is 19.3 Å². The highest BCUT2D eigenvalue weighted by Crippen LogP contribution is 2.27. The van der Waals surface area contributed by atoms with Gasteiger partial charge in [0.25, 0.3) is 0 Å². The molecule has 3 heteroatoms. The molecule has 17 heavy (non-hydrogen) atoms. The van der Waals surface area contributed by atoms with E-state index in [-0.39, 0.29) is 5.82 Å². The Hall–Kier alpha value is -0.570. The molecule has 1 nitrogen and oxygen atoms in total. The van der Waals surface area contributed by atoms with Crippen LogP contribution in [0.5, 0.6) is 0 Å². The van der Waals surface area contributed by atoms with E-state index in [4.69, 9.17) is 0 Å². The molecule has 1 N–H and O–H groups in total. The maximum atomic E-state index is 13.3. The lowest BCUT2D eigenvalue weighted by Gasteiger charge is -2.23. The Balaban J connectivity index is 1.96. The lowest BCUT2D eigenvalue weighted by Crippen LogP contribution is -2.17. The fourth-order valence-electron chi connectivity index (χ4n) is 2.48. The summed E-state index contributed by atoms with van der Waals surface area (Å²) in [6, 6.07) is 3.42. The van der Waals surface area contributed by atoms with Crippen LogP contribution in [0.25, 0.3) is 0 Å². The van der Waals surface area contributed by atoms with Gasteiger partial charge in [-0.25, -0.2) is 4.39 Å². The summed E-state index contributed by atoms with van der Waals surface area (Å²) in [6.07, 6.45) is 6.76. The second kappa shape index (κ2) is 5.85. The first-order chi connectivity index (χ1) is 8.16. The number of aryl methyl sites for hydroxylation is 1. The summed E-state index contributed by atoms with van der Waals surface area (Å²) in [5.74, 6) is 0.595. The fourth-order valence-corrected chi connectivity index (χ4v) is 2.83. The lowest BCUT2D eigenvalue weighted by atomic mass is 9.89. The molecule has 0 radical (unpaired) electrons. The normalized spacial score (nSPS) is 17.1. The van der Waals surface area contributed by atoms with Crippen LogP contribution in [0.4, 0.5) is 10.1 Å². The highest BCUT2D eigenvalue weighted by Gasteiger charge is 2.13. The van der Waals surface area contributed by atoms with Gasteiger partial charge in [0.1, 0.15) is 5.82 Å². The molecule has 0 unspecified atom stereocenters. The third-order valence-electron chi connectivity index (χ3n) is 3.57. The minimum absolute atomic E-state index is 0.189. The number of benzene rings is 1. The number of rotatable bonds is 3. The van der Waals surface area contributed by atoms with Crippen molar-refractivity contribution >= 4 is 21.6 Å². The predicted molar refractivity (Wildman–Crippen MR) is 73.9 cm³/mol. The highest BCUT2D eigenvalue weighted by molar-refractivity contribution is 9.10. The smallest absolute Gasteiger partial charge is 0.137 e. The average molecular weight is 300 g/mol. The van der Waals surface area contributed by atoms with Crippen molar-refractivity contribution in [2.75, 3.05) is 11.9 Å². The van der Waals surface area contributed by atoms with Crippen molar-refractivity contribution in [1.82, 2.24) is 0 Å². The predicted octanol–water partition coefficient (Wildman–Crippen LogP) is 4.89. The van der Waals surface area contributed by atoms with E-state index in [1.807, 2.05) is 13.0 Å². The summed E-state index contributed by atoms with van der Waals surface area (Å²) in [6.45, 7) is 2.96. The molecular formula is C14H19BrFN. The van der Waals surface area contributed by atoms with E-state index in [1.54, 1.807) is 6.07 Å². The van der Waals surface area contributed by atoms with Crippen molar-refractivity contribution in [3.8, 4) is 0 Å². The summed E-state index contributed by atoms with van der Waals surface area (Å²) >= 11 is 3.23. The molecule has 0 atom stereocenters. The van der Waals surface area contributed by atoms with Crippen molar-refractivity contribution in [2.45, 2.75) is 39.0 Å². The molecule has 1 aliphatic carbocycles. The van der Waals surface area contributed by atoms with Crippen LogP contribution in [0.2, 0.25) is 0 Å². The Morgan fingerprint density at radius 2 is 2.00 bits per heavy atom. The van der Waals surface area contributed by atoms with Crippen molar-refractivity contribution in [3.63, 3.8) is 0 Å². The molecule has 94 valence electrons. The van der Waals surface area contributed by atoms with Gasteiger partial charge in [0.05, 0.1) is 4.47 Å². The molecule has 0 spiro atoms. The first-order valence-corrected chi connectivity index (χ1v) is 7.15. The Kier molecular flexibility index (Phi) is 4.43. The number of halogens is 2. The minimum atomic E-state index is -0.189. The van der Waals surface area contributed by atoms with Crippen LogP contribution < -0.4 is 5.32 Å². The Morgan fingerprint density at radius 1 is 1.29 bits per heavy atom. The summed E-state index contributed by atoms with van der Waals surface area (Å²) < 4.78 is 13.8. The standard InChI is InChI=1S/C14H19BrFN/c1-10-7-13(16)12(15)8-14(10)17-9-11-5-3-2-4-6-11/h7-8,11,17H,2-6,9H2,1H3. The number of hydrogen-bond acceptors (Lipinski definition) is 1. The zero-order valence-electron chi connectivity index (χ0n) is 10.2. The summed E-state index contributed by atoms with van der Waals surface area (Å²) in [4.78, 5) is 0. The van der Waals surface area contributed by atoms with Gasteiger partial charge in [0, 0.05) is 12.2 Å². The average Bonchev–Trinajstić information content (AvgIpc) is 2.33. The monoisotopic (exact) mass is 299 g/mol. The summed E-state index contributed by atoms with van der Waals surface area (Å²) in [5, 5.41) is 3.45. The molecule has 1 aromatic rings. The Labute approximate surface area is 111 Å². The van der Waals surface area contributed by atoms with Crippen molar-refractivity contribution < 1.29 is 4.39 Å². The van der Waals surface area contributed by atoms with Crippen molar-refractivity contribution in [1.29, 1.82) is 0 Å². The third-order valence-corrected chi connectivity index (χ3v) is 4.18. The Bertz CT molecular complexity index is 386. The van der Waals surface area contributed by atoms with Gasteiger partial charge in [0.15, 0.2) is 0 Å². The van der Waals surface area contributed by atoms with Gasteiger partial charge >= 0.3 is 0 Å². The van der Waals surface area contributed by atoms with Crippen LogP contribution in [0.1, 0.15) is 37.7 Å². The van der Waals surface area contributed by atoms with Crippen LogP contribution in [0.15, 0.2) is 16.6 Å². The largest absolute Gasteiger partial charge is 0.385 e. The van der Waals surface area contributed by atoms with Crippen LogP contribution >= 0.6 is 15.9 Å². The van der Waals surface area contributed by atoms with Crippen LogP contribution in [-0.2, 0) is 0 Å².